The molecule has 332 valence electrons. The van der Waals surface area contributed by atoms with Crippen molar-refractivity contribution in [1.29, 1.82) is 0 Å². The first-order valence-electron chi connectivity index (χ1n) is 24.6. The maximum atomic E-state index is 13.3. The highest BCUT2D eigenvalue weighted by molar-refractivity contribution is 5.77. The Kier molecular flexibility index (Phi) is 16.6. The predicted molar refractivity (Wildman–Crippen MR) is 248 cm³/mol. The molecule has 4 fully saturated rings. The van der Waals surface area contributed by atoms with Crippen LogP contribution in [0, 0.1) is 23.7 Å². The molecule has 4 heterocycles. The lowest BCUT2D eigenvalue weighted by atomic mass is 9.86. The van der Waals surface area contributed by atoms with E-state index < -0.39 is 0 Å². The van der Waals surface area contributed by atoms with Gasteiger partial charge in [0.1, 0.15) is 0 Å². The normalized spacial score (nSPS) is 24.7. The number of para-hydroxylation sites is 4. The molecule has 10 heteroatoms. The number of aliphatic hydroxyl groups excluding tert-OH is 1. The molecule has 4 aliphatic rings. The number of nitrogens with two attached hydrogens (primary N) is 1. The molecule has 10 nitrogen and oxygen atoms in total. The Morgan fingerprint density at radius 1 is 0.550 bits per heavy atom. The third-order valence-electron chi connectivity index (χ3n) is 15.1. The van der Waals surface area contributed by atoms with Gasteiger partial charge in [0.25, 0.3) is 0 Å². The second-order valence-corrected chi connectivity index (χ2v) is 19.0. The maximum absolute atomic E-state index is 13.3. The molecule has 3 N–H and O–H groups in total. The van der Waals surface area contributed by atoms with Crippen LogP contribution in [-0.2, 0) is 13.1 Å². The minimum atomic E-state index is 0.111. The number of aliphatic hydroxyl groups is 1. The average Bonchev–Trinajstić information content (AvgIpc) is 3.69. The fourth-order valence-electron chi connectivity index (χ4n) is 12.0. The van der Waals surface area contributed by atoms with E-state index in [9.17, 15) is 14.7 Å². The quantitative estimate of drug-likeness (QED) is 0.148. The first-order valence-corrected chi connectivity index (χ1v) is 24.6. The summed E-state index contributed by atoms with van der Waals surface area (Å²) < 4.78 is 7.97. The first kappa shape index (κ1) is 44.9. The summed E-state index contributed by atoms with van der Waals surface area (Å²) >= 11 is 0. The van der Waals surface area contributed by atoms with Gasteiger partial charge in [0, 0.05) is 71.0 Å². The van der Waals surface area contributed by atoms with Crippen molar-refractivity contribution in [3.8, 4) is 0 Å². The van der Waals surface area contributed by atoms with Crippen LogP contribution >= 0.6 is 0 Å². The molecule has 4 aromatic rings. The molecular formula is C50H79N7O3. The number of rotatable bonds is 12. The Morgan fingerprint density at radius 2 is 0.933 bits per heavy atom. The van der Waals surface area contributed by atoms with Crippen LogP contribution in [0.1, 0.15) is 142 Å². The predicted octanol–water partition coefficient (Wildman–Crippen LogP) is 8.82. The van der Waals surface area contributed by atoms with Gasteiger partial charge in [0.15, 0.2) is 0 Å². The molecule has 2 saturated heterocycles. The largest absolute Gasteiger partial charge is 0.396 e. The Hall–Kier alpha value is -3.18. The number of hydrogen-bond acceptors (Lipinski definition) is 6. The zero-order valence-corrected chi connectivity index (χ0v) is 37.4. The fourth-order valence-corrected chi connectivity index (χ4v) is 12.0. The van der Waals surface area contributed by atoms with Crippen molar-refractivity contribution in [2.24, 2.45) is 29.4 Å². The van der Waals surface area contributed by atoms with E-state index in [0.29, 0.717) is 31.5 Å². The Balaban J connectivity index is 0.000000181. The number of fused-ring (bicyclic) bond motifs is 2. The number of likely N-dealkylation sites (tertiary alicyclic amines) is 2. The van der Waals surface area contributed by atoms with Crippen molar-refractivity contribution in [2.45, 2.75) is 155 Å². The van der Waals surface area contributed by atoms with E-state index in [2.05, 4.69) is 51.6 Å². The van der Waals surface area contributed by atoms with Gasteiger partial charge in [-0.25, -0.2) is 9.59 Å². The van der Waals surface area contributed by atoms with Crippen molar-refractivity contribution in [2.75, 3.05) is 52.4 Å². The molecule has 2 aliphatic heterocycles. The van der Waals surface area contributed by atoms with Crippen molar-refractivity contribution < 1.29 is 5.11 Å². The number of aryl methyl sites for hydroxylation is 2. The molecule has 2 saturated carbocycles. The highest BCUT2D eigenvalue weighted by atomic mass is 16.3. The van der Waals surface area contributed by atoms with Gasteiger partial charge in [-0.1, -0.05) is 88.5 Å². The van der Waals surface area contributed by atoms with E-state index in [-0.39, 0.29) is 30.1 Å². The van der Waals surface area contributed by atoms with Gasteiger partial charge in [-0.15, -0.1) is 0 Å². The number of piperidine rings is 2. The third-order valence-corrected chi connectivity index (χ3v) is 15.1. The molecule has 2 aromatic heterocycles. The summed E-state index contributed by atoms with van der Waals surface area (Å²) in [6, 6.07) is 16.9. The van der Waals surface area contributed by atoms with Crippen LogP contribution in [0.3, 0.4) is 0 Å². The lowest BCUT2D eigenvalue weighted by Crippen LogP contribution is -2.46. The molecule has 0 spiro atoms. The van der Waals surface area contributed by atoms with Crippen LogP contribution in [0.2, 0.25) is 0 Å². The summed E-state index contributed by atoms with van der Waals surface area (Å²) in [5.74, 6) is 2.45. The molecule has 2 aromatic carbocycles. The van der Waals surface area contributed by atoms with Gasteiger partial charge >= 0.3 is 11.4 Å². The topological polar surface area (TPSA) is 107 Å². The third kappa shape index (κ3) is 10.5. The zero-order valence-electron chi connectivity index (χ0n) is 37.4. The van der Waals surface area contributed by atoms with E-state index >= 15 is 0 Å². The van der Waals surface area contributed by atoms with Gasteiger partial charge in [0.05, 0.1) is 22.1 Å². The van der Waals surface area contributed by atoms with Gasteiger partial charge in [-0.05, 0) is 120 Å². The monoisotopic (exact) mass is 826 g/mol. The number of nitrogens with zero attached hydrogens (tertiary/aromatic N) is 6. The first-order chi connectivity index (χ1) is 29.4. The van der Waals surface area contributed by atoms with E-state index in [1.54, 1.807) is 0 Å². The Labute approximate surface area is 360 Å². The second kappa shape index (κ2) is 22.3. The highest BCUT2D eigenvalue weighted by Crippen LogP contribution is 2.36. The summed E-state index contributed by atoms with van der Waals surface area (Å²) in [6.45, 7) is 13.1. The fraction of sp³-hybridized carbons (Fsp3) is 0.720. The summed E-state index contributed by atoms with van der Waals surface area (Å²) in [5.41, 5.74) is 10.5. The van der Waals surface area contributed by atoms with E-state index in [1.165, 1.54) is 103 Å². The van der Waals surface area contributed by atoms with Crippen LogP contribution in [0.4, 0.5) is 0 Å². The molecular weight excluding hydrogens is 747 g/mol. The van der Waals surface area contributed by atoms with Gasteiger partial charge < -0.3 is 20.6 Å². The average molecular weight is 826 g/mol. The highest BCUT2D eigenvalue weighted by Gasteiger charge is 2.35. The molecule has 4 unspecified atom stereocenters. The SMILES string of the molecule is CCn1c(=O)n(C2CCN(CC3CCCCCCC3)CC2CCN)c2ccccc21.CCn1c(=O)n(C2CCN(CC3CCCCCCC3)CC2CCO)c2ccccc21. The number of benzene rings is 2. The van der Waals surface area contributed by atoms with E-state index in [4.69, 9.17) is 5.73 Å². The zero-order chi connectivity index (χ0) is 41.8. The minimum absolute atomic E-state index is 0.111. The summed E-state index contributed by atoms with van der Waals surface area (Å²) in [6.07, 6.45) is 23.4. The summed E-state index contributed by atoms with van der Waals surface area (Å²) in [5, 5.41) is 9.78. The smallest absolute Gasteiger partial charge is 0.329 e. The van der Waals surface area contributed by atoms with Crippen molar-refractivity contribution >= 4 is 22.1 Å². The van der Waals surface area contributed by atoms with Gasteiger partial charge in [0.2, 0.25) is 0 Å². The van der Waals surface area contributed by atoms with Crippen LogP contribution in [0.15, 0.2) is 58.1 Å². The molecule has 8 rings (SSSR count). The lowest BCUT2D eigenvalue weighted by molar-refractivity contribution is 0.0853. The van der Waals surface area contributed by atoms with Crippen molar-refractivity contribution in [3.05, 3.63) is 69.5 Å². The van der Waals surface area contributed by atoms with Gasteiger partial charge in [-0.3, -0.25) is 18.3 Å². The standard InChI is InChI=1S/C25H40N4O.C25H39N3O2/c1-2-28-23-12-8-9-13-24(23)29(25(28)30)22-15-17-27(19-21(22)14-16-26)18-20-10-6-4-3-5-7-11-20;1-2-27-23-12-8-9-13-24(23)28(25(27)30)22-14-16-26(19-21(22)15-17-29)18-20-10-6-4-3-5-7-11-20/h8-9,12-13,20-22H,2-7,10-11,14-19,26H2,1H3;8-9,12-13,20-22,29H,2-7,10-11,14-19H2,1H3. The van der Waals surface area contributed by atoms with Crippen LogP contribution in [0.5, 0.6) is 0 Å². The molecule has 2 aliphatic carbocycles. The second-order valence-electron chi connectivity index (χ2n) is 19.0. The minimum Gasteiger partial charge on any atom is -0.396 e. The Bertz CT molecular complexity index is 1870. The van der Waals surface area contributed by atoms with Gasteiger partial charge in [-0.2, -0.15) is 0 Å². The van der Waals surface area contributed by atoms with Crippen LogP contribution in [-0.4, -0.2) is 85.6 Å². The van der Waals surface area contributed by atoms with Crippen molar-refractivity contribution in [3.63, 3.8) is 0 Å². The number of imidazole rings is 2. The maximum Gasteiger partial charge on any atom is 0.329 e. The molecule has 0 radical (unpaired) electrons. The molecule has 0 amide bonds. The lowest BCUT2D eigenvalue weighted by Gasteiger charge is -2.40. The van der Waals surface area contributed by atoms with E-state index in [0.717, 1.165) is 85.8 Å². The molecule has 0 bridgehead atoms. The number of aromatic nitrogens is 4. The summed E-state index contributed by atoms with van der Waals surface area (Å²) in [7, 11) is 0. The van der Waals surface area contributed by atoms with Crippen LogP contribution in [0.25, 0.3) is 22.1 Å². The van der Waals surface area contributed by atoms with Crippen LogP contribution < -0.4 is 17.1 Å². The Morgan fingerprint density at radius 3 is 1.32 bits per heavy atom. The number of hydrogen-bond donors (Lipinski definition) is 2. The molecule has 4 atom stereocenters. The van der Waals surface area contributed by atoms with Crippen molar-refractivity contribution in [1.82, 2.24) is 28.1 Å². The summed E-state index contributed by atoms with van der Waals surface area (Å²) in [4.78, 5) is 31.9. The van der Waals surface area contributed by atoms with E-state index in [1.807, 2.05) is 38.8 Å². The molecule has 60 heavy (non-hydrogen) atoms.